The minimum Gasteiger partial charge on any atom is -0.398 e. The van der Waals surface area contributed by atoms with E-state index in [4.69, 9.17) is 10.5 Å². The van der Waals surface area contributed by atoms with Crippen molar-refractivity contribution in [1.29, 1.82) is 0 Å². The van der Waals surface area contributed by atoms with Crippen LogP contribution in [0.1, 0.15) is 12.8 Å². The molecule has 20 heavy (non-hydrogen) atoms. The number of hydrogen-bond donors (Lipinski definition) is 1. The number of anilines is 2. The number of fused-ring (bicyclic) bond motifs is 1. The summed E-state index contributed by atoms with van der Waals surface area (Å²) in [6.45, 7) is 2.97. The molecular weight excluding hydrogens is 250 g/mol. The molecule has 1 aliphatic rings. The maximum Gasteiger partial charge on any atom is 0.0507 e. The molecule has 0 bridgehead atoms. The fourth-order valence-corrected chi connectivity index (χ4v) is 3.13. The monoisotopic (exact) mass is 271 g/mol. The van der Waals surface area contributed by atoms with Crippen LogP contribution in [-0.2, 0) is 4.74 Å². The zero-order chi connectivity index (χ0) is 13.9. The number of piperidine rings is 1. The Bertz CT molecular complexity index is 597. The zero-order valence-corrected chi connectivity index (χ0v) is 11.9. The Morgan fingerprint density at radius 1 is 1.35 bits per heavy atom. The van der Waals surface area contributed by atoms with Crippen molar-refractivity contribution in [2.45, 2.75) is 12.8 Å². The molecule has 0 spiro atoms. The molecule has 1 aromatic carbocycles. The normalized spacial score (nSPS) is 19.4. The lowest BCUT2D eigenvalue weighted by atomic mass is 9.97. The Morgan fingerprint density at radius 2 is 2.25 bits per heavy atom. The third-order valence-electron chi connectivity index (χ3n) is 4.09. The van der Waals surface area contributed by atoms with Crippen LogP contribution in [0.15, 0.2) is 30.6 Å². The largest absolute Gasteiger partial charge is 0.398 e. The van der Waals surface area contributed by atoms with Crippen LogP contribution in [0.2, 0.25) is 0 Å². The minimum absolute atomic E-state index is 0.609. The highest BCUT2D eigenvalue weighted by Gasteiger charge is 2.21. The number of aromatic nitrogens is 1. The minimum atomic E-state index is 0.609. The van der Waals surface area contributed by atoms with Gasteiger partial charge in [0.15, 0.2) is 0 Å². The number of pyridine rings is 1. The first kappa shape index (κ1) is 13.2. The molecule has 4 heteroatoms. The third kappa shape index (κ3) is 2.43. The van der Waals surface area contributed by atoms with E-state index >= 15 is 0 Å². The highest BCUT2D eigenvalue weighted by Crippen LogP contribution is 2.32. The number of methoxy groups -OCH3 is 1. The second-order valence-electron chi connectivity index (χ2n) is 5.50. The van der Waals surface area contributed by atoms with E-state index in [1.54, 1.807) is 13.3 Å². The quantitative estimate of drug-likeness (QED) is 0.872. The van der Waals surface area contributed by atoms with E-state index in [2.05, 4.69) is 16.0 Å². The van der Waals surface area contributed by atoms with Crippen LogP contribution in [0.4, 0.5) is 11.4 Å². The van der Waals surface area contributed by atoms with Gasteiger partial charge in [-0.1, -0.05) is 0 Å². The van der Waals surface area contributed by atoms with E-state index in [1.165, 1.54) is 18.5 Å². The Balaban J connectivity index is 1.95. The zero-order valence-electron chi connectivity index (χ0n) is 11.9. The average molecular weight is 271 g/mol. The van der Waals surface area contributed by atoms with E-state index in [-0.39, 0.29) is 0 Å². The smallest absolute Gasteiger partial charge is 0.0507 e. The van der Waals surface area contributed by atoms with E-state index in [9.17, 15) is 0 Å². The van der Waals surface area contributed by atoms with Gasteiger partial charge in [0.25, 0.3) is 0 Å². The molecule has 4 nitrogen and oxygen atoms in total. The van der Waals surface area contributed by atoms with Gasteiger partial charge in [0.1, 0.15) is 0 Å². The summed E-state index contributed by atoms with van der Waals surface area (Å²) in [4.78, 5) is 6.70. The number of benzene rings is 1. The molecule has 1 saturated heterocycles. The van der Waals surface area contributed by atoms with Crippen molar-refractivity contribution >= 4 is 22.1 Å². The summed E-state index contributed by atoms with van der Waals surface area (Å²) in [7, 11) is 1.78. The van der Waals surface area contributed by atoms with Crippen molar-refractivity contribution in [3.8, 4) is 0 Å². The summed E-state index contributed by atoms with van der Waals surface area (Å²) in [5, 5.41) is 2.23. The van der Waals surface area contributed by atoms with Crippen LogP contribution in [0, 0.1) is 5.92 Å². The van der Waals surface area contributed by atoms with E-state index in [0.717, 1.165) is 36.2 Å². The molecule has 2 heterocycles. The van der Waals surface area contributed by atoms with Gasteiger partial charge in [-0.3, -0.25) is 4.98 Å². The van der Waals surface area contributed by atoms with Gasteiger partial charge >= 0.3 is 0 Å². The van der Waals surface area contributed by atoms with Crippen molar-refractivity contribution in [2.75, 3.05) is 37.4 Å². The van der Waals surface area contributed by atoms with Crippen LogP contribution >= 0.6 is 0 Å². The summed E-state index contributed by atoms with van der Waals surface area (Å²) in [5.41, 5.74) is 8.12. The lowest BCUT2D eigenvalue weighted by molar-refractivity contribution is 0.143. The van der Waals surface area contributed by atoms with Crippen LogP contribution in [0.5, 0.6) is 0 Å². The summed E-state index contributed by atoms with van der Waals surface area (Å²) >= 11 is 0. The van der Waals surface area contributed by atoms with Crippen LogP contribution in [-0.4, -0.2) is 31.8 Å². The number of nitrogens with zero attached hydrogens (tertiary/aromatic N) is 2. The molecule has 0 amide bonds. The van der Waals surface area contributed by atoms with Gasteiger partial charge < -0.3 is 15.4 Å². The van der Waals surface area contributed by atoms with Crippen molar-refractivity contribution < 1.29 is 4.74 Å². The SMILES string of the molecule is COCC1CCCN(c2ccc(N)c3ccncc23)C1. The first-order valence-electron chi connectivity index (χ1n) is 7.15. The van der Waals surface area contributed by atoms with Gasteiger partial charge in [-0.05, 0) is 37.0 Å². The molecule has 2 N–H and O–H groups in total. The predicted octanol–water partition coefficient (Wildman–Crippen LogP) is 2.68. The van der Waals surface area contributed by atoms with Crippen molar-refractivity contribution in [1.82, 2.24) is 4.98 Å². The van der Waals surface area contributed by atoms with E-state index in [0.29, 0.717) is 5.92 Å². The maximum atomic E-state index is 6.06. The Hall–Kier alpha value is -1.81. The molecule has 0 saturated carbocycles. The third-order valence-corrected chi connectivity index (χ3v) is 4.09. The van der Waals surface area contributed by atoms with Crippen molar-refractivity contribution in [3.05, 3.63) is 30.6 Å². The highest BCUT2D eigenvalue weighted by atomic mass is 16.5. The van der Waals surface area contributed by atoms with Crippen LogP contribution in [0.3, 0.4) is 0 Å². The van der Waals surface area contributed by atoms with Gasteiger partial charge in [0.05, 0.1) is 6.61 Å². The second kappa shape index (κ2) is 5.67. The Kier molecular flexibility index (Phi) is 3.74. The molecule has 106 valence electrons. The fourth-order valence-electron chi connectivity index (χ4n) is 3.13. The summed E-state index contributed by atoms with van der Waals surface area (Å²) < 4.78 is 5.31. The predicted molar refractivity (Wildman–Crippen MR) is 83.0 cm³/mol. The second-order valence-corrected chi connectivity index (χ2v) is 5.50. The summed E-state index contributed by atoms with van der Waals surface area (Å²) in [6, 6.07) is 6.11. The maximum absolute atomic E-state index is 6.06. The number of ether oxygens (including phenoxy) is 1. The fraction of sp³-hybridized carbons (Fsp3) is 0.438. The Labute approximate surface area is 119 Å². The lowest BCUT2D eigenvalue weighted by Crippen LogP contribution is -2.37. The standard InChI is InChI=1S/C16H21N3O/c1-20-11-12-3-2-8-19(10-12)16-5-4-15(17)13-6-7-18-9-14(13)16/h4-7,9,12H,2-3,8,10-11,17H2,1H3. The van der Waals surface area contributed by atoms with Crippen molar-refractivity contribution in [3.63, 3.8) is 0 Å². The summed E-state index contributed by atoms with van der Waals surface area (Å²) in [6.07, 6.45) is 6.17. The molecule has 0 aliphatic carbocycles. The van der Waals surface area contributed by atoms with Gasteiger partial charge in [-0.15, -0.1) is 0 Å². The molecule has 1 aliphatic heterocycles. The number of nitrogens with two attached hydrogens (primary N) is 1. The number of nitrogen functional groups attached to an aromatic ring is 1. The number of rotatable bonds is 3. The lowest BCUT2D eigenvalue weighted by Gasteiger charge is -2.34. The molecule has 1 fully saturated rings. The van der Waals surface area contributed by atoms with Crippen LogP contribution in [0.25, 0.3) is 10.8 Å². The average Bonchev–Trinajstić information content (AvgIpc) is 2.49. The Morgan fingerprint density at radius 3 is 3.10 bits per heavy atom. The van der Waals surface area contributed by atoms with Gasteiger partial charge in [0.2, 0.25) is 0 Å². The van der Waals surface area contributed by atoms with Crippen LogP contribution < -0.4 is 10.6 Å². The summed E-state index contributed by atoms with van der Waals surface area (Å²) in [5.74, 6) is 0.609. The van der Waals surface area contributed by atoms with Gasteiger partial charge in [-0.2, -0.15) is 0 Å². The molecule has 2 aromatic rings. The van der Waals surface area contributed by atoms with Crippen molar-refractivity contribution in [2.24, 2.45) is 5.92 Å². The van der Waals surface area contributed by atoms with E-state index < -0.39 is 0 Å². The molecule has 1 atom stereocenters. The first-order chi connectivity index (χ1) is 9.79. The molecular formula is C16H21N3O. The topological polar surface area (TPSA) is 51.4 Å². The van der Waals surface area contributed by atoms with Gasteiger partial charge in [-0.25, -0.2) is 0 Å². The van der Waals surface area contributed by atoms with E-state index in [1.807, 2.05) is 18.3 Å². The number of hydrogen-bond acceptors (Lipinski definition) is 4. The highest BCUT2D eigenvalue weighted by molar-refractivity contribution is 6.00. The molecule has 1 aromatic heterocycles. The molecule has 1 unspecified atom stereocenters. The molecule has 3 rings (SSSR count). The molecule has 0 radical (unpaired) electrons. The first-order valence-corrected chi connectivity index (χ1v) is 7.15. The van der Waals surface area contributed by atoms with Gasteiger partial charge in [0, 0.05) is 54.7 Å².